The van der Waals surface area contributed by atoms with Crippen molar-refractivity contribution in [1.29, 1.82) is 0 Å². The van der Waals surface area contributed by atoms with Gasteiger partial charge in [-0.1, -0.05) is 44.2 Å². The van der Waals surface area contributed by atoms with E-state index < -0.39 is 0 Å². The second-order valence-corrected chi connectivity index (χ2v) is 7.37. The Morgan fingerprint density at radius 1 is 1.12 bits per heavy atom. The van der Waals surface area contributed by atoms with Crippen LogP contribution in [0, 0.1) is 5.92 Å². The van der Waals surface area contributed by atoms with Crippen molar-refractivity contribution in [2.45, 2.75) is 45.3 Å². The fourth-order valence-electron chi connectivity index (χ4n) is 3.59. The van der Waals surface area contributed by atoms with E-state index in [1.54, 1.807) is 0 Å². The van der Waals surface area contributed by atoms with Crippen molar-refractivity contribution >= 4 is 5.91 Å². The maximum atomic E-state index is 12.8. The van der Waals surface area contributed by atoms with Crippen LogP contribution in [0.15, 0.2) is 30.3 Å². The SMILES string of the molecule is CC(C)C1CC(C(=O)N2CCCN(Cc3ccccc3)CC2)NN1. The fraction of sp³-hybridized carbons (Fsp3) is 0.632. The lowest BCUT2D eigenvalue weighted by Crippen LogP contribution is -2.47. The van der Waals surface area contributed by atoms with Crippen LogP contribution >= 0.6 is 0 Å². The van der Waals surface area contributed by atoms with Crippen LogP contribution in [-0.2, 0) is 11.3 Å². The number of nitrogens with zero attached hydrogens (tertiary/aromatic N) is 2. The summed E-state index contributed by atoms with van der Waals surface area (Å²) in [5, 5.41) is 0. The van der Waals surface area contributed by atoms with Crippen LogP contribution < -0.4 is 10.9 Å². The van der Waals surface area contributed by atoms with Crippen LogP contribution in [0.25, 0.3) is 0 Å². The quantitative estimate of drug-likeness (QED) is 0.881. The minimum absolute atomic E-state index is 0.0712. The zero-order valence-electron chi connectivity index (χ0n) is 14.9. The lowest BCUT2D eigenvalue weighted by Gasteiger charge is -2.24. The number of hydrazine groups is 1. The predicted octanol–water partition coefficient (Wildman–Crippen LogP) is 1.61. The number of carbonyl (C=O) groups is 1. The Morgan fingerprint density at radius 3 is 2.62 bits per heavy atom. The minimum Gasteiger partial charge on any atom is -0.340 e. The summed E-state index contributed by atoms with van der Waals surface area (Å²) in [6.45, 7) is 9.07. The largest absolute Gasteiger partial charge is 0.340 e. The molecule has 24 heavy (non-hydrogen) atoms. The van der Waals surface area contributed by atoms with Gasteiger partial charge >= 0.3 is 0 Å². The molecular weight excluding hydrogens is 300 g/mol. The highest BCUT2D eigenvalue weighted by Crippen LogP contribution is 2.16. The Kier molecular flexibility index (Phi) is 5.87. The second kappa shape index (κ2) is 8.10. The molecule has 0 bridgehead atoms. The lowest BCUT2D eigenvalue weighted by atomic mass is 9.99. The van der Waals surface area contributed by atoms with E-state index in [4.69, 9.17) is 0 Å². The molecule has 2 atom stereocenters. The highest BCUT2D eigenvalue weighted by atomic mass is 16.2. The molecule has 0 aliphatic carbocycles. The number of amides is 1. The van der Waals surface area contributed by atoms with Gasteiger partial charge in [0.05, 0.1) is 0 Å². The van der Waals surface area contributed by atoms with Gasteiger partial charge < -0.3 is 4.90 Å². The smallest absolute Gasteiger partial charge is 0.241 e. The molecule has 0 aromatic heterocycles. The first kappa shape index (κ1) is 17.4. The maximum Gasteiger partial charge on any atom is 0.241 e. The van der Waals surface area contributed by atoms with Crippen LogP contribution in [0.3, 0.4) is 0 Å². The number of carbonyl (C=O) groups excluding carboxylic acids is 1. The predicted molar refractivity (Wildman–Crippen MR) is 96.2 cm³/mol. The van der Waals surface area contributed by atoms with Crippen molar-refractivity contribution in [3.05, 3.63) is 35.9 Å². The third kappa shape index (κ3) is 4.35. The zero-order valence-corrected chi connectivity index (χ0v) is 14.9. The Bertz CT molecular complexity index is 533. The molecule has 2 heterocycles. The van der Waals surface area contributed by atoms with Gasteiger partial charge in [-0.15, -0.1) is 0 Å². The topological polar surface area (TPSA) is 47.6 Å². The summed E-state index contributed by atoms with van der Waals surface area (Å²) < 4.78 is 0. The molecule has 2 N–H and O–H groups in total. The van der Waals surface area contributed by atoms with Gasteiger partial charge in [0, 0.05) is 38.8 Å². The van der Waals surface area contributed by atoms with E-state index in [9.17, 15) is 4.79 Å². The Morgan fingerprint density at radius 2 is 1.92 bits per heavy atom. The Labute approximate surface area is 145 Å². The van der Waals surface area contributed by atoms with Crippen LogP contribution in [0.2, 0.25) is 0 Å². The van der Waals surface area contributed by atoms with Crippen LogP contribution in [0.4, 0.5) is 0 Å². The minimum atomic E-state index is -0.0712. The normalized spacial score (nSPS) is 25.9. The van der Waals surface area contributed by atoms with Crippen molar-refractivity contribution in [3.63, 3.8) is 0 Å². The first-order chi connectivity index (χ1) is 11.6. The highest BCUT2D eigenvalue weighted by Gasteiger charge is 2.33. The summed E-state index contributed by atoms with van der Waals surface area (Å²) >= 11 is 0. The fourth-order valence-corrected chi connectivity index (χ4v) is 3.59. The first-order valence-corrected chi connectivity index (χ1v) is 9.19. The molecule has 1 aromatic carbocycles. The maximum absolute atomic E-state index is 12.8. The number of benzene rings is 1. The molecular formula is C19H30N4O. The molecule has 0 spiro atoms. The summed E-state index contributed by atoms with van der Waals surface area (Å²) in [5.74, 6) is 0.799. The monoisotopic (exact) mass is 330 g/mol. The lowest BCUT2D eigenvalue weighted by molar-refractivity contribution is -0.133. The number of nitrogens with one attached hydrogen (secondary N) is 2. The zero-order chi connectivity index (χ0) is 16.9. The molecule has 0 radical (unpaired) electrons. The summed E-state index contributed by atoms with van der Waals surface area (Å²) in [6, 6.07) is 10.9. The number of hydrogen-bond acceptors (Lipinski definition) is 4. The van der Waals surface area contributed by atoms with Crippen LogP contribution in [-0.4, -0.2) is 54.0 Å². The standard InChI is InChI=1S/C19H30N4O/c1-15(2)17-13-18(21-20-17)19(24)23-10-6-9-22(11-12-23)14-16-7-4-3-5-8-16/h3-5,7-8,15,17-18,20-21H,6,9-14H2,1-2H3. The average Bonchev–Trinajstić information content (AvgIpc) is 2.97. The van der Waals surface area contributed by atoms with E-state index in [1.807, 2.05) is 4.90 Å². The van der Waals surface area contributed by atoms with E-state index in [0.717, 1.165) is 45.6 Å². The van der Waals surface area contributed by atoms with Gasteiger partial charge in [-0.3, -0.25) is 15.1 Å². The Hall–Kier alpha value is -1.43. The van der Waals surface area contributed by atoms with Crippen molar-refractivity contribution in [3.8, 4) is 0 Å². The van der Waals surface area contributed by atoms with Crippen molar-refractivity contribution < 1.29 is 4.79 Å². The average molecular weight is 330 g/mol. The van der Waals surface area contributed by atoms with Crippen molar-refractivity contribution in [2.24, 2.45) is 5.92 Å². The number of hydrogen-bond donors (Lipinski definition) is 2. The van der Waals surface area contributed by atoms with E-state index in [-0.39, 0.29) is 11.9 Å². The second-order valence-electron chi connectivity index (χ2n) is 7.37. The third-order valence-corrected chi connectivity index (χ3v) is 5.18. The van der Waals surface area contributed by atoms with Gasteiger partial charge in [0.25, 0.3) is 0 Å². The molecule has 5 nitrogen and oxygen atoms in total. The highest BCUT2D eigenvalue weighted by molar-refractivity contribution is 5.82. The summed E-state index contributed by atoms with van der Waals surface area (Å²) in [5.41, 5.74) is 7.82. The molecule has 5 heteroatoms. The first-order valence-electron chi connectivity index (χ1n) is 9.19. The Balaban J connectivity index is 1.51. The van der Waals surface area contributed by atoms with E-state index in [2.05, 4.69) is 59.9 Å². The molecule has 3 rings (SSSR count). The molecule has 1 amide bonds. The van der Waals surface area contributed by atoms with Crippen molar-refractivity contribution in [1.82, 2.24) is 20.7 Å². The molecule has 2 aliphatic heterocycles. The van der Waals surface area contributed by atoms with Gasteiger partial charge in [0.2, 0.25) is 5.91 Å². The molecule has 0 saturated carbocycles. The number of rotatable bonds is 4. The van der Waals surface area contributed by atoms with Crippen LogP contribution in [0.1, 0.15) is 32.3 Å². The molecule has 2 saturated heterocycles. The van der Waals surface area contributed by atoms with Gasteiger partial charge in [0.15, 0.2) is 0 Å². The molecule has 1 aromatic rings. The van der Waals surface area contributed by atoms with E-state index in [0.29, 0.717) is 12.0 Å². The summed E-state index contributed by atoms with van der Waals surface area (Å²) in [6.07, 6.45) is 1.94. The van der Waals surface area contributed by atoms with Crippen molar-refractivity contribution in [2.75, 3.05) is 26.2 Å². The summed E-state index contributed by atoms with van der Waals surface area (Å²) in [7, 11) is 0. The third-order valence-electron chi connectivity index (χ3n) is 5.18. The van der Waals surface area contributed by atoms with Gasteiger partial charge in [-0.25, -0.2) is 5.43 Å². The molecule has 2 unspecified atom stereocenters. The summed E-state index contributed by atoms with van der Waals surface area (Å²) in [4.78, 5) is 17.3. The molecule has 132 valence electrons. The van der Waals surface area contributed by atoms with Gasteiger partial charge in [-0.2, -0.15) is 0 Å². The van der Waals surface area contributed by atoms with E-state index in [1.165, 1.54) is 5.56 Å². The molecule has 2 fully saturated rings. The van der Waals surface area contributed by atoms with Gasteiger partial charge in [0.1, 0.15) is 6.04 Å². The van der Waals surface area contributed by atoms with Crippen LogP contribution in [0.5, 0.6) is 0 Å². The van der Waals surface area contributed by atoms with E-state index >= 15 is 0 Å². The molecule has 2 aliphatic rings. The van der Waals surface area contributed by atoms with Gasteiger partial charge in [-0.05, 0) is 24.3 Å².